The van der Waals surface area contributed by atoms with Crippen molar-refractivity contribution in [3.8, 4) is 5.75 Å². The Balaban J connectivity index is 1.89. The van der Waals surface area contributed by atoms with E-state index >= 15 is 0 Å². The van der Waals surface area contributed by atoms with Crippen LogP contribution in [-0.4, -0.2) is 59.8 Å². The lowest BCUT2D eigenvalue weighted by Crippen LogP contribution is -2.44. The average molecular weight is 349 g/mol. The summed E-state index contributed by atoms with van der Waals surface area (Å²) in [6.45, 7) is 1.93. The molecule has 0 radical (unpaired) electrons. The molecule has 1 atom stereocenters. The number of halogens is 1. The second-order valence-corrected chi connectivity index (χ2v) is 6.62. The number of carbonyl (C=O) groups excluding carboxylic acids is 1. The first kappa shape index (κ1) is 16.8. The first-order chi connectivity index (χ1) is 11.5. The van der Waals surface area contributed by atoms with Gasteiger partial charge in [0.2, 0.25) is 0 Å². The molecule has 1 unspecified atom stereocenters. The number of carbonyl (C=O) groups is 1. The Bertz CT molecular complexity index is 744. The Morgan fingerprint density at radius 3 is 2.92 bits per heavy atom. The quantitative estimate of drug-likeness (QED) is 0.850. The zero-order valence-electron chi connectivity index (χ0n) is 14.1. The summed E-state index contributed by atoms with van der Waals surface area (Å²) < 4.78 is 7.23. The van der Waals surface area contributed by atoms with Crippen LogP contribution in [0.5, 0.6) is 5.75 Å². The van der Waals surface area contributed by atoms with E-state index in [0.29, 0.717) is 29.4 Å². The van der Waals surface area contributed by atoms with Gasteiger partial charge in [0.1, 0.15) is 5.75 Å². The largest absolute Gasteiger partial charge is 0.497 e. The van der Waals surface area contributed by atoms with Crippen LogP contribution in [0.4, 0.5) is 0 Å². The fraction of sp³-hybridized carbons (Fsp3) is 0.412. The minimum Gasteiger partial charge on any atom is -0.497 e. The molecule has 7 heteroatoms. The van der Waals surface area contributed by atoms with E-state index in [1.807, 2.05) is 29.7 Å². The molecule has 0 saturated carbocycles. The third-order valence-electron chi connectivity index (χ3n) is 4.15. The van der Waals surface area contributed by atoms with Gasteiger partial charge in [-0.15, -0.1) is 0 Å². The smallest absolute Gasteiger partial charge is 0.255 e. The highest BCUT2D eigenvalue weighted by Crippen LogP contribution is 2.27. The van der Waals surface area contributed by atoms with E-state index < -0.39 is 0 Å². The van der Waals surface area contributed by atoms with Gasteiger partial charge >= 0.3 is 0 Å². The van der Waals surface area contributed by atoms with Gasteiger partial charge in [-0.05, 0) is 38.4 Å². The lowest BCUT2D eigenvalue weighted by atomic mass is 10.1. The fourth-order valence-electron chi connectivity index (χ4n) is 3.06. The highest BCUT2D eigenvalue weighted by Gasteiger charge is 2.30. The van der Waals surface area contributed by atoms with Crippen molar-refractivity contribution in [3.63, 3.8) is 0 Å². The fourth-order valence-corrected chi connectivity index (χ4v) is 3.26. The number of fused-ring (bicyclic) bond motifs is 1. The molecule has 1 aliphatic heterocycles. The van der Waals surface area contributed by atoms with Crippen LogP contribution in [0.3, 0.4) is 0 Å². The van der Waals surface area contributed by atoms with Gasteiger partial charge in [0.15, 0.2) is 0 Å². The molecular formula is C17H21ClN4O2. The maximum absolute atomic E-state index is 13.0. The number of ether oxygens (including phenoxy) is 1. The third-order valence-corrected chi connectivity index (χ3v) is 4.48. The summed E-state index contributed by atoms with van der Waals surface area (Å²) in [5.74, 6) is 0.532. The number of amides is 1. The van der Waals surface area contributed by atoms with Crippen LogP contribution in [-0.2, 0) is 6.54 Å². The van der Waals surface area contributed by atoms with Gasteiger partial charge in [-0.2, -0.15) is 5.10 Å². The predicted octanol–water partition coefficient (Wildman–Crippen LogP) is 2.30. The van der Waals surface area contributed by atoms with Gasteiger partial charge in [-0.25, -0.2) is 0 Å². The second-order valence-electron chi connectivity index (χ2n) is 6.21. The Morgan fingerprint density at radius 1 is 1.42 bits per heavy atom. The minimum atomic E-state index is -0.0879. The predicted molar refractivity (Wildman–Crippen MR) is 92.6 cm³/mol. The third kappa shape index (κ3) is 3.25. The van der Waals surface area contributed by atoms with Crippen LogP contribution in [0.15, 0.2) is 30.5 Å². The van der Waals surface area contributed by atoms with E-state index in [1.165, 1.54) is 0 Å². The summed E-state index contributed by atoms with van der Waals surface area (Å²) in [4.78, 5) is 16.9. The van der Waals surface area contributed by atoms with Crippen LogP contribution in [0.25, 0.3) is 0 Å². The molecular weight excluding hydrogens is 328 g/mol. The maximum atomic E-state index is 13.0. The molecule has 1 amide bonds. The van der Waals surface area contributed by atoms with Gasteiger partial charge in [-0.3, -0.25) is 9.48 Å². The summed E-state index contributed by atoms with van der Waals surface area (Å²) in [6, 6.07) is 7.21. The van der Waals surface area contributed by atoms with Gasteiger partial charge < -0.3 is 14.5 Å². The molecule has 3 rings (SSSR count). The molecule has 0 N–H and O–H groups in total. The summed E-state index contributed by atoms with van der Waals surface area (Å²) >= 11 is 6.24. The van der Waals surface area contributed by atoms with Crippen molar-refractivity contribution in [1.82, 2.24) is 19.6 Å². The number of aromatic nitrogens is 2. The number of hydrogen-bond acceptors (Lipinski definition) is 4. The number of nitrogens with zero attached hydrogens (tertiary/aromatic N) is 4. The molecule has 0 fully saturated rings. The first-order valence-corrected chi connectivity index (χ1v) is 8.17. The Hall–Kier alpha value is -2.05. The highest BCUT2D eigenvalue weighted by atomic mass is 35.5. The number of benzene rings is 1. The van der Waals surface area contributed by atoms with Gasteiger partial charge in [-0.1, -0.05) is 11.6 Å². The van der Waals surface area contributed by atoms with Gasteiger partial charge in [0.05, 0.1) is 36.0 Å². The summed E-state index contributed by atoms with van der Waals surface area (Å²) in [6.07, 6.45) is 1.78. The highest BCUT2D eigenvalue weighted by molar-refractivity contribution is 6.33. The Kier molecular flexibility index (Phi) is 4.78. The van der Waals surface area contributed by atoms with Crippen molar-refractivity contribution in [3.05, 3.63) is 46.7 Å². The SMILES string of the molecule is COc1ccc(Cl)c(C(=O)N2Cc3ccnn3C(CN(C)C)C2)c1. The maximum Gasteiger partial charge on any atom is 0.255 e. The van der Waals surface area contributed by atoms with Crippen molar-refractivity contribution in [1.29, 1.82) is 0 Å². The topological polar surface area (TPSA) is 50.6 Å². The van der Waals surface area contributed by atoms with Crippen molar-refractivity contribution in [2.45, 2.75) is 12.6 Å². The number of hydrogen-bond donors (Lipinski definition) is 0. The van der Waals surface area contributed by atoms with E-state index in [9.17, 15) is 4.79 Å². The summed E-state index contributed by atoms with van der Waals surface area (Å²) in [5, 5.41) is 4.84. The Morgan fingerprint density at radius 2 is 2.21 bits per heavy atom. The number of rotatable bonds is 4. The van der Waals surface area contributed by atoms with Crippen molar-refractivity contribution >= 4 is 17.5 Å². The molecule has 0 spiro atoms. The normalized spacial score (nSPS) is 17.0. The molecule has 1 aromatic carbocycles. The molecule has 1 aliphatic rings. The van der Waals surface area contributed by atoms with E-state index in [-0.39, 0.29) is 11.9 Å². The monoisotopic (exact) mass is 348 g/mol. The molecule has 0 saturated heterocycles. The molecule has 0 aliphatic carbocycles. The van der Waals surface area contributed by atoms with Crippen molar-refractivity contribution in [2.75, 3.05) is 34.3 Å². The zero-order valence-corrected chi connectivity index (χ0v) is 14.8. The summed E-state index contributed by atoms with van der Waals surface area (Å²) in [5.41, 5.74) is 1.49. The van der Waals surface area contributed by atoms with Crippen LogP contribution < -0.4 is 4.74 Å². The lowest BCUT2D eigenvalue weighted by Gasteiger charge is -2.35. The molecule has 6 nitrogen and oxygen atoms in total. The van der Waals surface area contributed by atoms with Crippen molar-refractivity contribution in [2.24, 2.45) is 0 Å². The van der Waals surface area contributed by atoms with Gasteiger partial charge in [0.25, 0.3) is 5.91 Å². The van der Waals surface area contributed by atoms with E-state index in [0.717, 1.165) is 12.2 Å². The summed E-state index contributed by atoms with van der Waals surface area (Å²) in [7, 11) is 5.61. The van der Waals surface area contributed by atoms with Crippen LogP contribution in [0.2, 0.25) is 5.02 Å². The standard InChI is InChI=1S/C17H21ClN4O2/c1-20(2)9-13-11-21(10-12-6-7-19-22(12)13)17(23)15-8-14(24-3)4-5-16(15)18/h4-8,13H,9-11H2,1-3H3. The van der Waals surface area contributed by atoms with E-state index in [1.54, 1.807) is 31.5 Å². The van der Waals surface area contributed by atoms with Gasteiger partial charge in [0, 0.05) is 19.3 Å². The van der Waals surface area contributed by atoms with E-state index in [4.69, 9.17) is 16.3 Å². The Labute approximate surface area is 146 Å². The molecule has 0 bridgehead atoms. The minimum absolute atomic E-state index is 0.0879. The lowest BCUT2D eigenvalue weighted by molar-refractivity contribution is 0.0652. The van der Waals surface area contributed by atoms with Crippen LogP contribution in [0.1, 0.15) is 22.1 Å². The van der Waals surface area contributed by atoms with Crippen molar-refractivity contribution < 1.29 is 9.53 Å². The number of methoxy groups -OCH3 is 1. The van der Waals surface area contributed by atoms with Crippen LogP contribution >= 0.6 is 11.6 Å². The average Bonchev–Trinajstić information content (AvgIpc) is 3.03. The molecule has 2 aromatic rings. The zero-order chi connectivity index (χ0) is 17.3. The molecule has 1 aromatic heterocycles. The molecule has 24 heavy (non-hydrogen) atoms. The first-order valence-electron chi connectivity index (χ1n) is 7.79. The van der Waals surface area contributed by atoms with E-state index in [2.05, 4.69) is 10.00 Å². The van der Waals surface area contributed by atoms with Crippen LogP contribution in [0, 0.1) is 0 Å². The molecule has 128 valence electrons. The molecule has 2 heterocycles. The number of likely N-dealkylation sites (N-methyl/N-ethyl adjacent to an activating group) is 1. The second kappa shape index (κ2) is 6.83.